The van der Waals surface area contributed by atoms with Crippen molar-refractivity contribution in [3.05, 3.63) is 65.5 Å². The molecule has 1 saturated heterocycles. The Hall–Kier alpha value is -2.41. The number of ether oxygens (including phenoxy) is 1. The maximum Gasteiger partial charge on any atom is 0.254 e. The van der Waals surface area contributed by atoms with Gasteiger partial charge in [0.05, 0.1) is 18.1 Å². The molecule has 3 rings (SSSR count). The number of hydrogen-bond acceptors (Lipinski definition) is 4. The number of benzene rings is 2. The van der Waals surface area contributed by atoms with Crippen molar-refractivity contribution in [3.8, 4) is 5.75 Å². The van der Waals surface area contributed by atoms with Gasteiger partial charge in [0.1, 0.15) is 11.6 Å². The van der Waals surface area contributed by atoms with E-state index < -0.39 is 21.7 Å². The number of halogens is 1. The largest absolute Gasteiger partial charge is 0.494 e. The molecule has 27 heavy (non-hydrogen) atoms. The van der Waals surface area contributed by atoms with E-state index in [4.69, 9.17) is 4.74 Å². The second-order valence-electron chi connectivity index (χ2n) is 6.54. The van der Waals surface area contributed by atoms with Crippen molar-refractivity contribution >= 4 is 15.7 Å². The molecular formula is C20H22FNO4S. The molecule has 7 heteroatoms. The minimum absolute atomic E-state index is 0.0184. The Kier molecular flexibility index (Phi) is 5.79. The molecule has 5 nitrogen and oxygen atoms in total. The summed E-state index contributed by atoms with van der Waals surface area (Å²) in [6.45, 7) is 2.34. The lowest BCUT2D eigenvalue weighted by molar-refractivity contribution is 0.0678. The SMILES string of the molecule is CCOc1cccc(C(=O)N(Cc2ccccc2F)C2CCS(=O)(=O)C2)c1. The fourth-order valence-electron chi connectivity index (χ4n) is 3.25. The predicted molar refractivity (Wildman–Crippen MR) is 101 cm³/mol. The molecule has 0 saturated carbocycles. The third kappa shape index (κ3) is 4.66. The van der Waals surface area contributed by atoms with Crippen molar-refractivity contribution < 1.29 is 22.3 Å². The van der Waals surface area contributed by atoms with E-state index in [1.165, 1.54) is 11.0 Å². The van der Waals surface area contributed by atoms with Gasteiger partial charge < -0.3 is 9.64 Å². The highest BCUT2D eigenvalue weighted by molar-refractivity contribution is 7.91. The van der Waals surface area contributed by atoms with Crippen molar-refractivity contribution in [3.63, 3.8) is 0 Å². The Labute approximate surface area is 158 Å². The van der Waals surface area contributed by atoms with Crippen molar-refractivity contribution in [2.45, 2.75) is 25.9 Å². The topological polar surface area (TPSA) is 63.7 Å². The molecule has 0 bridgehead atoms. The zero-order chi connectivity index (χ0) is 19.4. The molecule has 2 aromatic rings. The number of carbonyl (C=O) groups excluding carboxylic acids is 1. The monoisotopic (exact) mass is 391 g/mol. The van der Waals surface area contributed by atoms with E-state index in [1.807, 2.05) is 6.92 Å². The zero-order valence-electron chi connectivity index (χ0n) is 15.1. The minimum Gasteiger partial charge on any atom is -0.494 e. The molecule has 0 radical (unpaired) electrons. The standard InChI is InChI=1S/C20H22FNO4S/c1-2-26-18-8-5-7-15(12-18)20(23)22(17-10-11-27(24,25)14-17)13-16-6-3-4-9-19(16)21/h3-9,12,17H,2,10-11,13-14H2,1H3. The van der Waals surface area contributed by atoms with Gasteiger partial charge in [-0.15, -0.1) is 0 Å². The van der Waals surface area contributed by atoms with Gasteiger partial charge in [0.15, 0.2) is 9.84 Å². The van der Waals surface area contributed by atoms with Gasteiger partial charge in [-0.1, -0.05) is 24.3 Å². The fourth-order valence-corrected chi connectivity index (χ4v) is 4.98. The van der Waals surface area contributed by atoms with Crippen molar-refractivity contribution in [1.82, 2.24) is 4.90 Å². The molecular weight excluding hydrogens is 369 g/mol. The lowest BCUT2D eigenvalue weighted by Gasteiger charge is -2.29. The van der Waals surface area contributed by atoms with E-state index in [9.17, 15) is 17.6 Å². The Morgan fingerprint density at radius 2 is 2.00 bits per heavy atom. The van der Waals surface area contributed by atoms with Crippen LogP contribution in [0.3, 0.4) is 0 Å². The first-order valence-electron chi connectivity index (χ1n) is 8.87. The van der Waals surface area contributed by atoms with E-state index in [0.29, 0.717) is 29.9 Å². The van der Waals surface area contributed by atoms with Crippen molar-refractivity contribution in [1.29, 1.82) is 0 Å². The van der Waals surface area contributed by atoms with E-state index >= 15 is 0 Å². The van der Waals surface area contributed by atoms with Gasteiger partial charge in [0, 0.05) is 23.7 Å². The number of amides is 1. The van der Waals surface area contributed by atoms with Gasteiger partial charge in [-0.05, 0) is 37.6 Å². The highest BCUT2D eigenvalue weighted by Gasteiger charge is 2.35. The summed E-state index contributed by atoms with van der Waals surface area (Å²) in [5, 5.41) is 0. The van der Waals surface area contributed by atoms with Crippen LogP contribution in [0.4, 0.5) is 4.39 Å². The smallest absolute Gasteiger partial charge is 0.254 e. The number of sulfone groups is 1. The lowest BCUT2D eigenvalue weighted by Crippen LogP contribution is -2.40. The van der Waals surface area contributed by atoms with E-state index in [1.54, 1.807) is 42.5 Å². The van der Waals surface area contributed by atoms with Crippen molar-refractivity contribution in [2.24, 2.45) is 0 Å². The van der Waals surface area contributed by atoms with Gasteiger partial charge in [-0.3, -0.25) is 4.79 Å². The molecule has 1 amide bonds. The average molecular weight is 391 g/mol. The van der Waals surface area contributed by atoms with Crippen LogP contribution in [-0.2, 0) is 16.4 Å². The van der Waals surface area contributed by atoms with Crippen LogP contribution in [0.25, 0.3) is 0 Å². The second kappa shape index (κ2) is 8.08. The highest BCUT2D eigenvalue weighted by Crippen LogP contribution is 2.24. The van der Waals surface area contributed by atoms with Crippen LogP contribution in [-0.4, -0.2) is 43.4 Å². The maximum absolute atomic E-state index is 14.1. The molecule has 1 aliphatic rings. The number of hydrogen-bond donors (Lipinski definition) is 0. The lowest BCUT2D eigenvalue weighted by atomic mass is 10.1. The molecule has 1 aliphatic heterocycles. The summed E-state index contributed by atoms with van der Waals surface area (Å²) in [6.07, 6.45) is 0.355. The summed E-state index contributed by atoms with van der Waals surface area (Å²) in [4.78, 5) is 14.6. The van der Waals surface area contributed by atoms with Crippen LogP contribution in [0.5, 0.6) is 5.75 Å². The maximum atomic E-state index is 14.1. The van der Waals surface area contributed by atoms with E-state index in [2.05, 4.69) is 0 Å². The van der Waals surface area contributed by atoms with E-state index in [-0.39, 0.29) is 24.0 Å². The first-order chi connectivity index (χ1) is 12.9. The Morgan fingerprint density at radius 3 is 2.67 bits per heavy atom. The molecule has 0 spiro atoms. The van der Waals surface area contributed by atoms with Crippen molar-refractivity contribution in [2.75, 3.05) is 18.1 Å². The number of rotatable bonds is 6. The molecule has 1 fully saturated rings. The third-order valence-corrected chi connectivity index (χ3v) is 6.35. The number of carbonyl (C=O) groups is 1. The Balaban J connectivity index is 1.92. The highest BCUT2D eigenvalue weighted by atomic mass is 32.2. The summed E-state index contributed by atoms with van der Waals surface area (Å²) in [5.41, 5.74) is 0.748. The molecule has 0 N–H and O–H groups in total. The molecule has 2 aromatic carbocycles. The predicted octanol–water partition coefficient (Wildman–Crippen LogP) is 3.05. The molecule has 144 valence electrons. The average Bonchev–Trinajstić information content (AvgIpc) is 3.00. The van der Waals surface area contributed by atoms with Crippen LogP contribution in [0.2, 0.25) is 0 Å². The summed E-state index contributed by atoms with van der Waals surface area (Å²) >= 11 is 0. The molecule has 1 unspecified atom stereocenters. The summed E-state index contributed by atoms with van der Waals surface area (Å²) in [7, 11) is -3.19. The third-order valence-electron chi connectivity index (χ3n) is 4.60. The van der Waals surface area contributed by atoms with Crippen LogP contribution < -0.4 is 4.74 Å². The first-order valence-corrected chi connectivity index (χ1v) is 10.7. The normalized spacial score (nSPS) is 18.2. The van der Waals surface area contributed by atoms with Crippen LogP contribution in [0.1, 0.15) is 29.3 Å². The Bertz CT molecular complexity index is 929. The zero-order valence-corrected chi connectivity index (χ0v) is 15.9. The quantitative estimate of drug-likeness (QED) is 0.759. The van der Waals surface area contributed by atoms with E-state index in [0.717, 1.165) is 0 Å². The molecule has 1 atom stereocenters. The molecule has 1 heterocycles. The van der Waals surface area contributed by atoms with Gasteiger partial charge in [0.25, 0.3) is 5.91 Å². The van der Waals surface area contributed by atoms with Crippen LogP contribution in [0, 0.1) is 5.82 Å². The van der Waals surface area contributed by atoms with Gasteiger partial charge in [-0.2, -0.15) is 0 Å². The van der Waals surface area contributed by atoms with Crippen LogP contribution in [0.15, 0.2) is 48.5 Å². The second-order valence-corrected chi connectivity index (χ2v) is 8.77. The van der Waals surface area contributed by atoms with Gasteiger partial charge >= 0.3 is 0 Å². The summed E-state index contributed by atoms with van der Waals surface area (Å²) in [6, 6.07) is 12.5. The number of nitrogens with zero attached hydrogens (tertiary/aromatic N) is 1. The first kappa shape index (κ1) is 19.4. The fraction of sp³-hybridized carbons (Fsp3) is 0.350. The molecule has 0 aliphatic carbocycles. The van der Waals surface area contributed by atoms with Gasteiger partial charge in [-0.25, -0.2) is 12.8 Å². The Morgan fingerprint density at radius 1 is 1.22 bits per heavy atom. The minimum atomic E-state index is -3.19. The summed E-state index contributed by atoms with van der Waals surface area (Å²) < 4.78 is 43.5. The van der Waals surface area contributed by atoms with Gasteiger partial charge in [0.2, 0.25) is 0 Å². The van der Waals surface area contributed by atoms with Crippen LogP contribution >= 0.6 is 0 Å². The molecule has 0 aromatic heterocycles. The summed E-state index contributed by atoms with van der Waals surface area (Å²) in [5.74, 6) is -0.245.